The zero-order valence-electron chi connectivity index (χ0n) is 12.1. The molecule has 1 atom stereocenters. The third-order valence-corrected chi connectivity index (χ3v) is 2.92. The third-order valence-electron chi connectivity index (χ3n) is 2.92. The molecular formula is C14H20N4O2. The second kappa shape index (κ2) is 7.00. The van der Waals surface area contributed by atoms with Crippen LogP contribution >= 0.6 is 0 Å². The van der Waals surface area contributed by atoms with Gasteiger partial charge >= 0.3 is 0 Å². The topological polar surface area (TPSA) is 73.1 Å². The molecule has 20 heavy (non-hydrogen) atoms. The highest BCUT2D eigenvalue weighted by Crippen LogP contribution is 2.13. The maximum atomic E-state index is 5.27. The Morgan fingerprint density at radius 3 is 2.90 bits per heavy atom. The summed E-state index contributed by atoms with van der Waals surface area (Å²) in [5.41, 5.74) is 1.02. The summed E-state index contributed by atoms with van der Waals surface area (Å²) in [6.07, 6.45) is 3.43. The molecule has 0 aliphatic heterocycles. The van der Waals surface area contributed by atoms with Crippen molar-refractivity contribution in [3.63, 3.8) is 0 Å². The summed E-state index contributed by atoms with van der Waals surface area (Å²) in [6.45, 7) is 5.07. The van der Waals surface area contributed by atoms with Crippen molar-refractivity contribution in [3.8, 4) is 5.88 Å². The van der Waals surface area contributed by atoms with Gasteiger partial charge in [-0.3, -0.25) is 0 Å². The fourth-order valence-electron chi connectivity index (χ4n) is 1.78. The predicted octanol–water partition coefficient (Wildman–Crippen LogP) is 2.12. The number of pyridine rings is 1. The summed E-state index contributed by atoms with van der Waals surface area (Å²) in [6, 6.07) is 3.84. The van der Waals surface area contributed by atoms with E-state index in [2.05, 4.69) is 27.4 Å². The Morgan fingerprint density at radius 2 is 2.25 bits per heavy atom. The molecule has 0 saturated carbocycles. The maximum Gasteiger partial charge on any atom is 0.243 e. The highest BCUT2D eigenvalue weighted by Gasteiger charge is 2.13. The second-order valence-electron chi connectivity index (χ2n) is 4.61. The molecule has 0 bridgehead atoms. The van der Waals surface area contributed by atoms with Crippen LogP contribution in [0.25, 0.3) is 0 Å². The van der Waals surface area contributed by atoms with Crippen molar-refractivity contribution in [2.24, 2.45) is 0 Å². The van der Waals surface area contributed by atoms with Crippen molar-refractivity contribution < 1.29 is 9.26 Å². The van der Waals surface area contributed by atoms with E-state index >= 15 is 0 Å². The summed E-state index contributed by atoms with van der Waals surface area (Å²) in [7, 11) is 1.60. The van der Waals surface area contributed by atoms with Gasteiger partial charge in [0, 0.05) is 18.7 Å². The summed E-state index contributed by atoms with van der Waals surface area (Å²) in [4.78, 5) is 8.56. The minimum absolute atomic E-state index is 0.0743. The van der Waals surface area contributed by atoms with Crippen molar-refractivity contribution in [2.45, 2.75) is 32.7 Å². The minimum Gasteiger partial charge on any atom is -0.481 e. The molecule has 0 radical (unpaired) electrons. The maximum absolute atomic E-state index is 5.27. The number of ether oxygens (including phenoxy) is 1. The molecule has 0 fully saturated rings. The molecule has 0 saturated heterocycles. The molecule has 2 heterocycles. The molecule has 2 aromatic heterocycles. The van der Waals surface area contributed by atoms with Gasteiger partial charge in [0.15, 0.2) is 5.82 Å². The Kier molecular flexibility index (Phi) is 5.06. The van der Waals surface area contributed by atoms with E-state index in [1.807, 2.05) is 19.1 Å². The summed E-state index contributed by atoms with van der Waals surface area (Å²) >= 11 is 0. The summed E-state index contributed by atoms with van der Waals surface area (Å²) < 4.78 is 10.3. The number of rotatable bonds is 7. The lowest BCUT2D eigenvalue weighted by atomic mass is 10.2. The fraction of sp³-hybridized carbons (Fsp3) is 0.500. The van der Waals surface area contributed by atoms with Crippen LogP contribution in [0, 0.1) is 0 Å². The number of methoxy groups -OCH3 is 1. The van der Waals surface area contributed by atoms with E-state index in [1.165, 1.54) is 0 Å². The van der Waals surface area contributed by atoms with Crippen molar-refractivity contribution in [3.05, 3.63) is 35.6 Å². The van der Waals surface area contributed by atoms with E-state index in [0.29, 0.717) is 24.0 Å². The first-order chi connectivity index (χ1) is 9.72. The highest BCUT2D eigenvalue weighted by molar-refractivity contribution is 5.20. The molecule has 108 valence electrons. The van der Waals surface area contributed by atoms with Gasteiger partial charge in [-0.25, -0.2) is 4.98 Å². The van der Waals surface area contributed by atoms with Crippen molar-refractivity contribution >= 4 is 0 Å². The SMILES string of the molecule is CCCNC(C)c1nc(Cc2ccc(OC)nc2)no1. The van der Waals surface area contributed by atoms with E-state index in [1.54, 1.807) is 13.3 Å². The van der Waals surface area contributed by atoms with E-state index in [-0.39, 0.29) is 6.04 Å². The Morgan fingerprint density at radius 1 is 1.40 bits per heavy atom. The largest absolute Gasteiger partial charge is 0.481 e. The molecule has 2 aromatic rings. The van der Waals surface area contributed by atoms with Gasteiger partial charge in [-0.15, -0.1) is 0 Å². The molecule has 0 aromatic carbocycles. The van der Waals surface area contributed by atoms with E-state index in [4.69, 9.17) is 9.26 Å². The second-order valence-corrected chi connectivity index (χ2v) is 4.61. The molecule has 2 rings (SSSR count). The van der Waals surface area contributed by atoms with E-state index < -0.39 is 0 Å². The first kappa shape index (κ1) is 14.5. The van der Waals surface area contributed by atoms with Gasteiger partial charge in [0.05, 0.1) is 13.2 Å². The standard InChI is InChI=1S/C14H20N4O2/c1-4-7-15-10(2)14-17-12(18-20-14)8-11-5-6-13(19-3)16-9-11/h5-6,9-10,15H,4,7-8H2,1-3H3. The van der Waals surface area contributed by atoms with Gasteiger partial charge < -0.3 is 14.6 Å². The highest BCUT2D eigenvalue weighted by atomic mass is 16.5. The quantitative estimate of drug-likeness (QED) is 0.835. The molecule has 0 spiro atoms. The molecule has 0 aliphatic rings. The fourth-order valence-corrected chi connectivity index (χ4v) is 1.78. The van der Waals surface area contributed by atoms with Gasteiger partial charge in [-0.1, -0.05) is 18.1 Å². The van der Waals surface area contributed by atoms with Gasteiger partial charge in [-0.05, 0) is 25.5 Å². The number of nitrogens with one attached hydrogen (secondary N) is 1. The number of hydrogen-bond acceptors (Lipinski definition) is 6. The van der Waals surface area contributed by atoms with Crippen LogP contribution < -0.4 is 10.1 Å². The first-order valence-electron chi connectivity index (χ1n) is 6.77. The van der Waals surface area contributed by atoms with Crippen molar-refractivity contribution in [1.82, 2.24) is 20.4 Å². The van der Waals surface area contributed by atoms with Crippen LogP contribution in [0.15, 0.2) is 22.9 Å². The van der Waals surface area contributed by atoms with Crippen LogP contribution in [-0.4, -0.2) is 28.8 Å². The predicted molar refractivity (Wildman–Crippen MR) is 74.6 cm³/mol. The Hall–Kier alpha value is -1.95. The Bertz CT molecular complexity index is 524. The lowest BCUT2D eigenvalue weighted by Gasteiger charge is -2.06. The van der Waals surface area contributed by atoms with Crippen LogP contribution in [-0.2, 0) is 6.42 Å². The van der Waals surface area contributed by atoms with Gasteiger partial charge in [0.25, 0.3) is 0 Å². The van der Waals surface area contributed by atoms with Crippen LogP contribution in [0.5, 0.6) is 5.88 Å². The first-order valence-corrected chi connectivity index (χ1v) is 6.77. The Labute approximate surface area is 118 Å². The van der Waals surface area contributed by atoms with Gasteiger partial charge in [0.1, 0.15) is 0 Å². The third kappa shape index (κ3) is 3.77. The lowest BCUT2D eigenvalue weighted by molar-refractivity contribution is 0.337. The van der Waals surface area contributed by atoms with E-state index in [0.717, 1.165) is 18.5 Å². The summed E-state index contributed by atoms with van der Waals surface area (Å²) in [5.74, 6) is 1.88. The monoisotopic (exact) mass is 276 g/mol. The molecule has 1 N–H and O–H groups in total. The molecule has 1 unspecified atom stereocenters. The van der Waals surface area contributed by atoms with Gasteiger partial charge in [0.2, 0.25) is 11.8 Å². The number of aromatic nitrogens is 3. The van der Waals surface area contributed by atoms with Crippen LogP contribution in [0.4, 0.5) is 0 Å². The molecule has 6 nitrogen and oxygen atoms in total. The summed E-state index contributed by atoms with van der Waals surface area (Å²) in [5, 5.41) is 7.31. The zero-order valence-corrected chi connectivity index (χ0v) is 12.1. The molecular weight excluding hydrogens is 256 g/mol. The van der Waals surface area contributed by atoms with Crippen LogP contribution in [0.3, 0.4) is 0 Å². The van der Waals surface area contributed by atoms with Gasteiger partial charge in [-0.2, -0.15) is 4.98 Å². The minimum atomic E-state index is 0.0743. The average molecular weight is 276 g/mol. The van der Waals surface area contributed by atoms with E-state index in [9.17, 15) is 0 Å². The van der Waals surface area contributed by atoms with Crippen LogP contribution in [0.2, 0.25) is 0 Å². The smallest absolute Gasteiger partial charge is 0.243 e. The average Bonchev–Trinajstić information content (AvgIpc) is 2.94. The van der Waals surface area contributed by atoms with Crippen LogP contribution in [0.1, 0.15) is 43.6 Å². The number of hydrogen-bond donors (Lipinski definition) is 1. The lowest BCUT2D eigenvalue weighted by Crippen LogP contribution is -2.19. The normalized spacial score (nSPS) is 12.3. The zero-order chi connectivity index (χ0) is 14.4. The Balaban J connectivity index is 1.97. The number of nitrogens with zero attached hydrogens (tertiary/aromatic N) is 3. The molecule has 6 heteroatoms. The van der Waals surface area contributed by atoms with Crippen molar-refractivity contribution in [1.29, 1.82) is 0 Å². The van der Waals surface area contributed by atoms with Crippen molar-refractivity contribution in [2.75, 3.05) is 13.7 Å². The molecule has 0 aliphatic carbocycles. The molecule has 0 amide bonds.